The monoisotopic (exact) mass is 145 g/mol. The Bertz CT molecular complexity index is 202. The minimum absolute atomic E-state index is 0.503. The van der Waals surface area contributed by atoms with E-state index >= 15 is 0 Å². The van der Waals surface area contributed by atoms with Gasteiger partial charge in [0.2, 0.25) is 5.76 Å². The molecular formula is C5H5O5. The van der Waals surface area contributed by atoms with Gasteiger partial charge < -0.3 is 25.2 Å². The van der Waals surface area contributed by atoms with E-state index in [1.807, 2.05) is 6.08 Å². The van der Waals surface area contributed by atoms with Crippen molar-refractivity contribution in [1.29, 1.82) is 0 Å². The van der Waals surface area contributed by atoms with Crippen molar-refractivity contribution >= 4 is 0 Å². The lowest BCUT2D eigenvalue weighted by Crippen LogP contribution is -2.34. The van der Waals surface area contributed by atoms with E-state index in [4.69, 9.17) is 20.4 Å². The molecule has 0 aromatic rings. The molecule has 1 radical (unpaired) electrons. The van der Waals surface area contributed by atoms with E-state index in [0.717, 1.165) is 0 Å². The largest absolute Gasteiger partial charge is 0.504 e. The van der Waals surface area contributed by atoms with Crippen LogP contribution in [0.1, 0.15) is 0 Å². The minimum Gasteiger partial charge on any atom is -0.504 e. The fourth-order valence-corrected chi connectivity index (χ4v) is 0.426. The highest BCUT2D eigenvalue weighted by atomic mass is 16.8. The first-order chi connectivity index (χ1) is 4.52. The fraction of sp³-hybridized carbons (Fsp3) is 0.200. The van der Waals surface area contributed by atoms with Crippen molar-refractivity contribution in [3.63, 3.8) is 0 Å². The lowest BCUT2D eigenvalue weighted by atomic mass is 10.3. The predicted molar refractivity (Wildman–Crippen MR) is 28.4 cm³/mol. The average molecular weight is 145 g/mol. The lowest BCUT2D eigenvalue weighted by molar-refractivity contribution is -0.304. The summed E-state index contributed by atoms with van der Waals surface area (Å²) in [5.74, 6) is -4.24. The molecule has 0 saturated carbocycles. The molecule has 5 heteroatoms. The molecule has 1 heterocycles. The molecular weight excluding hydrogens is 140 g/mol. The number of allylic oxidation sites excluding steroid dienone is 1. The van der Waals surface area contributed by atoms with Gasteiger partial charge in [-0.05, 0) is 0 Å². The summed E-state index contributed by atoms with van der Waals surface area (Å²) in [6, 6.07) is 0. The Morgan fingerprint density at radius 1 is 1.40 bits per heavy atom. The summed E-state index contributed by atoms with van der Waals surface area (Å²) in [5, 5.41) is 34.3. The second-order valence-electron chi connectivity index (χ2n) is 1.70. The molecule has 5 nitrogen and oxygen atoms in total. The molecule has 4 N–H and O–H groups in total. The summed E-state index contributed by atoms with van der Waals surface area (Å²) in [4.78, 5) is 0. The number of hydrogen-bond donors (Lipinski definition) is 4. The molecule has 0 aliphatic carbocycles. The van der Waals surface area contributed by atoms with E-state index in [-0.39, 0.29) is 0 Å². The second-order valence-corrected chi connectivity index (χ2v) is 1.70. The van der Waals surface area contributed by atoms with Gasteiger partial charge in [-0.2, -0.15) is 0 Å². The summed E-state index contributed by atoms with van der Waals surface area (Å²) in [6.07, 6.45) is 2.49. The Labute approximate surface area is 56.1 Å². The molecule has 0 atom stereocenters. The van der Waals surface area contributed by atoms with E-state index in [1.165, 1.54) is 0 Å². The van der Waals surface area contributed by atoms with Crippen LogP contribution < -0.4 is 0 Å². The molecule has 0 aromatic heterocycles. The summed E-state index contributed by atoms with van der Waals surface area (Å²) < 4.78 is 4.04. The third-order valence-corrected chi connectivity index (χ3v) is 0.890. The van der Waals surface area contributed by atoms with Crippen molar-refractivity contribution in [3.05, 3.63) is 23.9 Å². The van der Waals surface area contributed by atoms with Crippen LogP contribution in [0.25, 0.3) is 0 Å². The van der Waals surface area contributed by atoms with Crippen LogP contribution in [0.15, 0.2) is 17.8 Å². The van der Waals surface area contributed by atoms with E-state index in [0.29, 0.717) is 6.26 Å². The number of aliphatic hydroxyl groups excluding tert-OH is 2. The van der Waals surface area contributed by atoms with Crippen molar-refractivity contribution in [2.75, 3.05) is 0 Å². The quantitative estimate of drug-likeness (QED) is 0.338. The highest BCUT2D eigenvalue weighted by molar-refractivity contribution is 5.11. The van der Waals surface area contributed by atoms with Gasteiger partial charge in [0.05, 0.1) is 6.08 Å². The Kier molecular flexibility index (Phi) is 1.31. The smallest absolute Gasteiger partial charge is 0.385 e. The standard InChI is InChI=1S/C5H5O5/c6-3-1-4(7)5(8,9)10-2-3/h2,6-9H. The normalized spacial score (nSPS) is 22.6. The summed E-state index contributed by atoms with van der Waals surface area (Å²) in [5.41, 5.74) is 0. The maximum absolute atomic E-state index is 8.59. The van der Waals surface area contributed by atoms with Crippen molar-refractivity contribution in [3.8, 4) is 0 Å². The third-order valence-electron chi connectivity index (χ3n) is 0.890. The number of rotatable bonds is 0. The Morgan fingerprint density at radius 2 is 2.00 bits per heavy atom. The van der Waals surface area contributed by atoms with Crippen LogP contribution in [0, 0.1) is 6.08 Å². The van der Waals surface area contributed by atoms with E-state index in [2.05, 4.69) is 4.74 Å². The number of aliphatic hydroxyl groups is 4. The molecule has 0 fully saturated rings. The van der Waals surface area contributed by atoms with Gasteiger partial charge in [0.1, 0.15) is 6.26 Å². The number of ether oxygens (including phenoxy) is 1. The van der Waals surface area contributed by atoms with Crippen LogP contribution in [0.4, 0.5) is 0 Å². The Balaban J connectivity index is 2.88. The SMILES string of the molecule is OC1=[C]C(O)=COC1(O)O. The average Bonchev–Trinajstić information content (AvgIpc) is 1.81. The van der Waals surface area contributed by atoms with Gasteiger partial charge in [-0.1, -0.05) is 0 Å². The van der Waals surface area contributed by atoms with Gasteiger partial charge in [-0.3, -0.25) is 0 Å². The van der Waals surface area contributed by atoms with Gasteiger partial charge in [-0.25, -0.2) is 0 Å². The molecule has 0 unspecified atom stereocenters. The first-order valence-electron chi connectivity index (χ1n) is 2.37. The lowest BCUT2D eigenvalue weighted by Gasteiger charge is -2.21. The van der Waals surface area contributed by atoms with E-state index in [1.54, 1.807) is 0 Å². The highest BCUT2D eigenvalue weighted by Gasteiger charge is 2.33. The van der Waals surface area contributed by atoms with Crippen LogP contribution in [-0.2, 0) is 4.74 Å². The summed E-state index contributed by atoms with van der Waals surface area (Å²) >= 11 is 0. The van der Waals surface area contributed by atoms with Gasteiger partial charge in [0.25, 0.3) is 0 Å². The topological polar surface area (TPSA) is 90.2 Å². The fourth-order valence-electron chi connectivity index (χ4n) is 0.426. The molecule has 0 bridgehead atoms. The maximum atomic E-state index is 8.59. The van der Waals surface area contributed by atoms with Crippen LogP contribution in [0.3, 0.4) is 0 Å². The molecule has 10 heavy (non-hydrogen) atoms. The molecule has 0 aromatic carbocycles. The van der Waals surface area contributed by atoms with E-state index in [9.17, 15) is 0 Å². The van der Waals surface area contributed by atoms with Gasteiger partial charge >= 0.3 is 5.97 Å². The van der Waals surface area contributed by atoms with Crippen LogP contribution in [0.2, 0.25) is 0 Å². The molecule has 0 spiro atoms. The summed E-state index contributed by atoms with van der Waals surface area (Å²) in [6.45, 7) is 0. The maximum Gasteiger partial charge on any atom is 0.385 e. The number of hydrogen-bond acceptors (Lipinski definition) is 5. The first kappa shape index (κ1) is 6.91. The molecule has 0 saturated heterocycles. The molecule has 1 rings (SSSR count). The molecule has 1 aliphatic heterocycles. The predicted octanol–water partition coefficient (Wildman–Crippen LogP) is -0.701. The summed E-state index contributed by atoms with van der Waals surface area (Å²) in [7, 11) is 0. The zero-order chi connectivity index (χ0) is 7.78. The van der Waals surface area contributed by atoms with Crippen molar-refractivity contribution < 1.29 is 25.2 Å². The Hall–Kier alpha value is -1.20. The minimum atomic E-state index is -2.76. The third kappa shape index (κ3) is 1.04. The molecule has 1 aliphatic rings. The molecule has 55 valence electrons. The van der Waals surface area contributed by atoms with E-state index < -0.39 is 17.5 Å². The molecule has 0 amide bonds. The van der Waals surface area contributed by atoms with Crippen LogP contribution in [-0.4, -0.2) is 26.4 Å². The van der Waals surface area contributed by atoms with Crippen LogP contribution >= 0.6 is 0 Å². The second kappa shape index (κ2) is 1.89. The van der Waals surface area contributed by atoms with Gasteiger partial charge in [0.15, 0.2) is 5.76 Å². The van der Waals surface area contributed by atoms with Crippen molar-refractivity contribution in [2.45, 2.75) is 5.97 Å². The van der Waals surface area contributed by atoms with Crippen molar-refractivity contribution in [1.82, 2.24) is 0 Å². The van der Waals surface area contributed by atoms with Crippen LogP contribution in [0.5, 0.6) is 0 Å². The highest BCUT2D eigenvalue weighted by Crippen LogP contribution is 2.18. The zero-order valence-electron chi connectivity index (χ0n) is 4.77. The Morgan fingerprint density at radius 3 is 2.40 bits per heavy atom. The van der Waals surface area contributed by atoms with Gasteiger partial charge in [0, 0.05) is 0 Å². The van der Waals surface area contributed by atoms with Crippen molar-refractivity contribution in [2.24, 2.45) is 0 Å². The first-order valence-corrected chi connectivity index (χ1v) is 2.37. The van der Waals surface area contributed by atoms with Gasteiger partial charge in [-0.15, -0.1) is 0 Å². The zero-order valence-corrected chi connectivity index (χ0v) is 4.77.